The third-order valence-electron chi connectivity index (χ3n) is 4.10. The summed E-state index contributed by atoms with van der Waals surface area (Å²) in [5.74, 6) is 0.488. The Labute approximate surface area is 155 Å². The van der Waals surface area contributed by atoms with E-state index in [0.717, 1.165) is 4.90 Å². The van der Waals surface area contributed by atoms with E-state index in [1.807, 2.05) is 19.1 Å². The Hall–Kier alpha value is -1.38. The summed E-state index contributed by atoms with van der Waals surface area (Å²) in [6.07, 6.45) is 0.705. The van der Waals surface area contributed by atoms with Gasteiger partial charge in [-0.3, -0.25) is 4.79 Å². The lowest BCUT2D eigenvalue weighted by atomic mass is 9.94. The molecule has 0 aliphatic heterocycles. The van der Waals surface area contributed by atoms with Gasteiger partial charge >= 0.3 is 14.4 Å². The number of thioether (sulfide) groups is 1. The van der Waals surface area contributed by atoms with Gasteiger partial charge < -0.3 is 4.74 Å². The molecule has 0 spiro atoms. The van der Waals surface area contributed by atoms with Gasteiger partial charge in [0.15, 0.2) is 5.66 Å². The molecule has 3 unspecified atom stereocenters. The van der Waals surface area contributed by atoms with Crippen LogP contribution in [0.1, 0.15) is 27.2 Å². The number of hydrogen-bond donors (Lipinski definition) is 0. The fraction of sp³-hybridized carbons (Fsp3) is 0.450. The summed E-state index contributed by atoms with van der Waals surface area (Å²) in [5, 5.41) is 2.40. The van der Waals surface area contributed by atoms with Crippen LogP contribution in [0.15, 0.2) is 47.4 Å². The van der Waals surface area contributed by atoms with Gasteiger partial charge in [0.05, 0.1) is 6.61 Å². The zero-order valence-corrected chi connectivity index (χ0v) is 16.8. The molecule has 0 amide bonds. The minimum atomic E-state index is -0.513. The molecular weight excluding hydrogens is 351 g/mol. The Balaban J connectivity index is 2.09. The molecular formula is C20H26O3PS+. The largest absolute Gasteiger partial charge is 0.466 e. The quantitative estimate of drug-likeness (QED) is 0.326. The first kappa shape index (κ1) is 19.9. The Morgan fingerprint density at radius 2 is 1.88 bits per heavy atom. The molecule has 0 heterocycles. The monoisotopic (exact) mass is 377 g/mol. The van der Waals surface area contributed by atoms with Crippen molar-refractivity contribution in [3.63, 3.8) is 0 Å². The van der Waals surface area contributed by atoms with Crippen molar-refractivity contribution < 1.29 is 14.1 Å². The molecule has 2 rings (SSSR count). The molecule has 0 aromatic heterocycles. The van der Waals surface area contributed by atoms with Crippen LogP contribution < -0.4 is 0 Å². The van der Waals surface area contributed by atoms with Crippen molar-refractivity contribution in [1.29, 1.82) is 0 Å². The fourth-order valence-electron chi connectivity index (χ4n) is 2.86. The molecule has 0 aliphatic rings. The molecule has 0 N–H and O–H groups in total. The van der Waals surface area contributed by atoms with Crippen LogP contribution >= 0.6 is 20.2 Å². The van der Waals surface area contributed by atoms with Gasteiger partial charge in [-0.15, -0.1) is 11.8 Å². The number of rotatable bonds is 9. The molecule has 2 aromatic rings. The van der Waals surface area contributed by atoms with E-state index in [0.29, 0.717) is 24.7 Å². The van der Waals surface area contributed by atoms with Crippen LogP contribution in [0.3, 0.4) is 0 Å². The fourth-order valence-corrected chi connectivity index (χ4v) is 4.79. The van der Waals surface area contributed by atoms with Crippen molar-refractivity contribution in [2.45, 2.75) is 37.7 Å². The van der Waals surface area contributed by atoms with E-state index in [4.69, 9.17) is 4.74 Å². The standard InChI is InChI=1S/C20H25O3PS/c1-4-23-20(21)18(11-14(2)3)19(24-22)13-25-17-10-9-15-7-5-6-8-16(15)12-17/h5-10,12,14,18-19H,4,11,13H2,1-3H3/p+1. The highest BCUT2D eigenvalue weighted by atomic mass is 32.2. The van der Waals surface area contributed by atoms with Gasteiger partial charge in [-0.2, -0.15) is 0 Å². The summed E-state index contributed by atoms with van der Waals surface area (Å²) in [7, 11) is -0.513. The van der Waals surface area contributed by atoms with Crippen molar-refractivity contribution in [3.05, 3.63) is 42.5 Å². The lowest BCUT2D eigenvalue weighted by Gasteiger charge is -2.18. The zero-order valence-electron chi connectivity index (χ0n) is 15.0. The third kappa shape index (κ3) is 5.83. The van der Waals surface area contributed by atoms with Crippen LogP contribution in [0.25, 0.3) is 10.8 Å². The number of carbonyl (C=O) groups excluding carboxylic acids is 1. The van der Waals surface area contributed by atoms with Gasteiger partial charge in [-0.05, 0) is 42.2 Å². The number of carbonyl (C=O) groups is 1. The van der Waals surface area contributed by atoms with Gasteiger partial charge in [0.25, 0.3) is 0 Å². The second-order valence-corrected chi connectivity index (χ2v) is 8.60. The third-order valence-corrected chi connectivity index (χ3v) is 6.42. The lowest BCUT2D eigenvalue weighted by Crippen LogP contribution is -2.29. The smallest absolute Gasteiger partial charge is 0.329 e. The number of ether oxygens (including phenoxy) is 1. The Morgan fingerprint density at radius 3 is 2.52 bits per heavy atom. The molecule has 3 atom stereocenters. The van der Waals surface area contributed by atoms with E-state index in [-0.39, 0.29) is 17.5 Å². The molecule has 5 heteroatoms. The summed E-state index contributed by atoms with van der Waals surface area (Å²) < 4.78 is 17.0. The van der Waals surface area contributed by atoms with Crippen LogP contribution in [-0.4, -0.2) is 24.0 Å². The van der Waals surface area contributed by atoms with Gasteiger partial charge in [-0.25, -0.2) is 0 Å². The van der Waals surface area contributed by atoms with E-state index in [1.54, 1.807) is 11.8 Å². The first-order valence-electron chi connectivity index (χ1n) is 8.71. The van der Waals surface area contributed by atoms with Gasteiger partial charge in [0, 0.05) is 10.6 Å². The highest BCUT2D eigenvalue weighted by Gasteiger charge is 2.35. The average molecular weight is 377 g/mol. The molecule has 0 radical (unpaired) electrons. The Bertz CT molecular complexity index is 717. The summed E-state index contributed by atoms with van der Waals surface area (Å²) >= 11 is 1.66. The van der Waals surface area contributed by atoms with Crippen LogP contribution in [0.5, 0.6) is 0 Å². The molecule has 0 saturated carbocycles. The highest BCUT2D eigenvalue weighted by Crippen LogP contribution is 2.32. The van der Waals surface area contributed by atoms with Crippen molar-refractivity contribution in [2.24, 2.45) is 11.8 Å². The first-order valence-corrected chi connectivity index (χ1v) is 10.7. The van der Waals surface area contributed by atoms with E-state index in [1.165, 1.54) is 10.8 Å². The van der Waals surface area contributed by atoms with E-state index < -0.39 is 8.46 Å². The maximum atomic E-state index is 12.3. The van der Waals surface area contributed by atoms with Gasteiger partial charge in [-0.1, -0.05) is 48.7 Å². The maximum absolute atomic E-state index is 12.3. The minimum absolute atomic E-state index is 0.182. The number of esters is 1. The highest BCUT2D eigenvalue weighted by molar-refractivity contribution is 7.99. The SMILES string of the molecule is CCOC(=O)C(CC(C)C)C(CSc1ccc2ccccc2c1)[PH+]=O. The second-order valence-electron chi connectivity index (χ2n) is 6.53. The lowest BCUT2D eigenvalue weighted by molar-refractivity contribution is -0.148. The minimum Gasteiger partial charge on any atom is -0.466 e. The predicted octanol–water partition coefficient (Wildman–Crippen LogP) is 5.55. The van der Waals surface area contributed by atoms with Crippen LogP contribution in [-0.2, 0) is 14.1 Å². The first-order chi connectivity index (χ1) is 12.0. The van der Waals surface area contributed by atoms with Crippen LogP contribution in [0, 0.1) is 11.8 Å². The molecule has 2 aromatic carbocycles. The Kier molecular flexibility index (Phi) is 7.92. The second kappa shape index (κ2) is 9.94. The van der Waals surface area contributed by atoms with E-state index in [2.05, 4.69) is 44.2 Å². The summed E-state index contributed by atoms with van der Waals surface area (Å²) in [4.78, 5) is 13.4. The zero-order chi connectivity index (χ0) is 18.2. The summed E-state index contributed by atoms with van der Waals surface area (Å²) in [5.41, 5.74) is -0.182. The van der Waals surface area contributed by atoms with Gasteiger partial charge in [0.2, 0.25) is 0 Å². The molecule has 0 saturated heterocycles. The topological polar surface area (TPSA) is 43.4 Å². The number of benzene rings is 2. The molecule has 0 bridgehead atoms. The number of fused-ring (bicyclic) bond motifs is 1. The van der Waals surface area contributed by atoms with Crippen LogP contribution in [0.2, 0.25) is 0 Å². The van der Waals surface area contributed by atoms with Crippen LogP contribution in [0.4, 0.5) is 0 Å². The Morgan fingerprint density at radius 1 is 1.16 bits per heavy atom. The normalized spacial score (nSPS) is 13.9. The molecule has 25 heavy (non-hydrogen) atoms. The average Bonchev–Trinajstić information content (AvgIpc) is 2.61. The molecule has 3 nitrogen and oxygen atoms in total. The van der Waals surface area contributed by atoms with Crippen molar-refractivity contribution >= 4 is 37.0 Å². The molecule has 0 aliphatic carbocycles. The van der Waals surface area contributed by atoms with E-state index in [9.17, 15) is 9.36 Å². The summed E-state index contributed by atoms with van der Waals surface area (Å²) in [6, 6.07) is 14.6. The number of hydrogen-bond acceptors (Lipinski definition) is 4. The van der Waals surface area contributed by atoms with Crippen molar-refractivity contribution in [1.82, 2.24) is 0 Å². The maximum Gasteiger partial charge on any atom is 0.329 e. The molecule has 0 fully saturated rings. The van der Waals surface area contributed by atoms with Crippen molar-refractivity contribution in [2.75, 3.05) is 12.4 Å². The summed E-state index contributed by atoms with van der Waals surface area (Å²) in [6.45, 7) is 6.32. The van der Waals surface area contributed by atoms with Crippen molar-refractivity contribution in [3.8, 4) is 0 Å². The van der Waals surface area contributed by atoms with E-state index >= 15 is 0 Å². The molecule has 134 valence electrons. The predicted molar refractivity (Wildman–Crippen MR) is 107 cm³/mol. The van der Waals surface area contributed by atoms with Gasteiger partial charge in [0.1, 0.15) is 5.92 Å².